The summed E-state index contributed by atoms with van der Waals surface area (Å²) in [7, 11) is 0. The Morgan fingerprint density at radius 3 is 2.52 bits per heavy atom. The van der Waals surface area contributed by atoms with Crippen LogP contribution in [0.4, 0.5) is 11.4 Å². The number of hydrogen-bond donors (Lipinski definition) is 1. The van der Waals surface area contributed by atoms with Crippen LogP contribution in [0.3, 0.4) is 0 Å². The monoisotopic (exact) mass is 406 g/mol. The van der Waals surface area contributed by atoms with Gasteiger partial charge in [0.25, 0.3) is 5.91 Å². The molecule has 0 saturated heterocycles. The lowest BCUT2D eigenvalue weighted by Gasteiger charge is -2.30. The van der Waals surface area contributed by atoms with E-state index >= 15 is 0 Å². The third-order valence-electron chi connectivity index (χ3n) is 4.65. The van der Waals surface area contributed by atoms with Crippen LogP contribution in [0.1, 0.15) is 11.1 Å². The number of hydrogen-bond acceptors (Lipinski definition) is 3. The Labute approximate surface area is 173 Å². The van der Waals surface area contributed by atoms with Gasteiger partial charge < -0.3 is 15.0 Å². The van der Waals surface area contributed by atoms with Gasteiger partial charge in [-0.2, -0.15) is 0 Å². The van der Waals surface area contributed by atoms with Crippen molar-refractivity contribution in [1.82, 2.24) is 0 Å². The van der Waals surface area contributed by atoms with Crippen molar-refractivity contribution in [2.75, 3.05) is 16.8 Å². The summed E-state index contributed by atoms with van der Waals surface area (Å²) in [5, 5.41) is 3.52. The molecule has 0 aromatic heterocycles. The Morgan fingerprint density at radius 1 is 1.00 bits per heavy atom. The number of rotatable bonds is 5. The van der Waals surface area contributed by atoms with E-state index in [4.69, 9.17) is 16.3 Å². The highest BCUT2D eigenvalue weighted by Crippen LogP contribution is 2.35. The molecular weight excluding hydrogens is 388 g/mol. The van der Waals surface area contributed by atoms with E-state index in [2.05, 4.69) is 5.32 Å². The van der Waals surface area contributed by atoms with Crippen LogP contribution < -0.4 is 15.0 Å². The molecule has 0 spiro atoms. The summed E-state index contributed by atoms with van der Waals surface area (Å²) in [6, 6.07) is 22.2. The van der Waals surface area contributed by atoms with E-state index in [1.165, 1.54) is 0 Å². The highest BCUT2D eigenvalue weighted by molar-refractivity contribution is 6.30. The van der Waals surface area contributed by atoms with Crippen LogP contribution >= 0.6 is 11.6 Å². The minimum atomic E-state index is -0.148. The van der Waals surface area contributed by atoms with E-state index in [0.29, 0.717) is 28.7 Å². The van der Waals surface area contributed by atoms with Crippen LogP contribution in [0.15, 0.2) is 72.8 Å². The van der Waals surface area contributed by atoms with E-state index in [1.807, 2.05) is 42.5 Å². The molecule has 29 heavy (non-hydrogen) atoms. The molecule has 0 fully saturated rings. The quantitative estimate of drug-likeness (QED) is 0.681. The van der Waals surface area contributed by atoms with Crippen LogP contribution in [0.25, 0.3) is 0 Å². The van der Waals surface area contributed by atoms with Crippen LogP contribution in [0, 0.1) is 0 Å². The number of nitrogens with one attached hydrogen (secondary N) is 1. The zero-order valence-electron chi connectivity index (χ0n) is 15.6. The molecule has 1 N–H and O–H groups in total. The smallest absolute Gasteiger partial charge is 0.265 e. The molecule has 4 rings (SSSR count). The van der Waals surface area contributed by atoms with Crippen molar-refractivity contribution < 1.29 is 14.3 Å². The Balaban J connectivity index is 1.52. The summed E-state index contributed by atoms with van der Waals surface area (Å²) in [5.74, 6) is 0.354. The van der Waals surface area contributed by atoms with Crippen LogP contribution in [-0.2, 0) is 22.6 Å². The van der Waals surface area contributed by atoms with Crippen LogP contribution in [0.2, 0.25) is 5.02 Å². The highest BCUT2D eigenvalue weighted by Gasteiger charge is 2.26. The van der Waals surface area contributed by atoms with E-state index in [9.17, 15) is 9.59 Å². The molecule has 5 nitrogen and oxygen atoms in total. The van der Waals surface area contributed by atoms with Gasteiger partial charge in [0.2, 0.25) is 5.91 Å². The molecule has 6 heteroatoms. The van der Waals surface area contributed by atoms with Crippen molar-refractivity contribution in [3.63, 3.8) is 0 Å². The van der Waals surface area contributed by atoms with E-state index < -0.39 is 0 Å². The fourth-order valence-electron chi connectivity index (χ4n) is 3.21. The third-order valence-corrected chi connectivity index (χ3v) is 4.90. The Morgan fingerprint density at radius 2 is 1.76 bits per heavy atom. The largest absolute Gasteiger partial charge is 0.482 e. The van der Waals surface area contributed by atoms with Crippen molar-refractivity contribution >= 4 is 34.8 Å². The van der Waals surface area contributed by atoms with Crippen LogP contribution in [-0.4, -0.2) is 18.4 Å². The predicted octanol–water partition coefficient (Wildman–Crippen LogP) is 4.45. The van der Waals surface area contributed by atoms with Gasteiger partial charge >= 0.3 is 0 Å². The van der Waals surface area contributed by atoms with Crippen molar-refractivity contribution in [3.8, 4) is 5.75 Å². The molecule has 0 saturated carbocycles. The number of halogens is 1. The van der Waals surface area contributed by atoms with Gasteiger partial charge in [0.05, 0.1) is 18.7 Å². The Bertz CT molecular complexity index is 1040. The summed E-state index contributed by atoms with van der Waals surface area (Å²) in [6.45, 7) is 0.445. The minimum Gasteiger partial charge on any atom is -0.482 e. The second-order valence-electron chi connectivity index (χ2n) is 6.79. The third kappa shape index (κ3) is 4.58. The first kappa shape index (κ1) is 19.0. The molecule has 0 radical (unpaired) electrons. The maximum Gasteiger partial charge on any atom is 0.265 e. The van der Waals surface area contributed by atoms with Crippen molar-refractivity contribution in [3.05, 3.63) is 88.9 Å². The first-order valence-electron chi connectivity index (χ1n) is 9.24. The zero-order chi connectivity index (χ0) is 20.2. The molecule has 0 atom stereocenters. The lowest BCUT2D eigenvalue weighted by atomic mass is 10.1. The molecule has 3 aromatic carbocycles. The summed E-state index contributed by atoms with van der Waals surface area (Å²) in [4.78, 5) is 26.6. The lowest BCUT2D eigenvalue weighted by Crippen LogP contribution is -2.38. The molecular formula is C23H19ClN2O3. The zero-order valence-corrected chi connectivity index (χ0v) is 16.4. The molecule has 0 bridgehead atoms. The predicted molar refractivity (Wildman–Crippen MR) is 113 cm³/mol. The number of fused-ring (bicyclic) bond motifs is 1. The first-order chi connectivity index (χ1) is 14.1. The van der Waals surface area contributed by atoms with Gasteiger partial charge in [-0.05, 0) is 41.5 Å². The summed E-state index contributed by atoms with van der Waals surface area (Å²) in [5.41, 5.74) is 3.15. The van der Waals surface area contributed by atoms with E-state index in [-0.39, 0.29) is 24.8 Å². The molecule has 3 aromatic rings. The number of ether oxygens (including phenoxy) is 1. The van der Waals surface area contributed by atoms with Gasteiger partial charge in [-0.25, -0.2) is 0 Å². The molecule has 0 unspecified atom stereocenters. The first-order valence-corrected chi connectivity index (χ1v) is 9.62. The number of anilines is 2. The Kier molecular flexibility index (Phi) is 5.49. The number of benzene rings is 3. The standard InChI is InChI=1S/C23H19ClN2O3/c24-18-8-6-16(7-9-18)12-22(27)25-19-10-11-21-20(13-19)26(23(28)15-29-21)14-17-4-2-1-3-5-17/h1-11,13H,12,14-15H2,(H,25,27). The van der Waals surface area contributed by atoms with Gasteiger partial charge in [0.15, 0.2) is 6.61 Å². The average molecular weight is 407 g/mol. The average Bonchev–Trinajstić information content (AvgIpc) is 2.73. The van der Waals surface area contributed by atoms with Gasteiger partial charge in [0, 0.05) is 10.7 Å². The SMILES string of the molecule is O=C(Cc1ccc(Cl)cc1)Nc1ccc2c(c1)N(Cc1ccccc1)C(=O)CO2. The van der Waals surface area contributed by atoms with Gasteiger partial charge in [-0.1, -0.05) is 54.1 Å². The Hall–Kier alpha value is -3.31. The second kappa shape index (κ2) is 8.37. The maximum absolute atomic E-state index is 12.5. The van der Waals surface area contributed by atoms with Crippen molar-refractivity contribution in [2.24, 2.45) is 0 Å². The number of nitrogens with zero attached hydrogens (tertiary/aromatic N) is 1. The number of amides is 2. The normalized spacial score (nSPS) is 12.9. The minimum absolute atomic E-state index is 0.00209. The van der Waals surface area contributed by atoms with Crippen molar-refractivity contribution in [1.29, 1.82) is 0 Å². The van der Waals surface area contributed by atoms with Crippen LogP contribution in [0.5, 0.6) is 5.75 Å². The fraction of sp³-hybridized carbons (Fsp3) is 0.130. The van der Waals surface area contributed by atoms with Crippen molar-refractivity contribution in [2.45, 2.75) is 13.0 Å². The topological polar surface area (TPSA) is 58.6 Å². The summed E-state index contributed by atoms with van der Waals surface area (Å²) >= 11 is 5.88. The summed E-state index contributed by atoms with van der Waals surface area (Å²) < 4.78 is 5.55. The maximum atomic E-state index is 12.5. The fourth-order valence-corrected chi connectivity index (χ4v) is 3.34. The molecule has 0 aliphatic carbocycles. The lowest BCUT2D eigenvalue weighted by molar-refractivity contribution is -0.121. The van der Waals surface area contributed by atoms with E-state index in [1.54, 1.807) is 35.2 Å². The summed E-state index contributed by atoms with van der Waals surface area (Å²) in [6.07, 6.45) is 0.234. The molecule has 1 aliphatic heterocycles. The van der Waals surface area contributed by atoms with Gasteiger partial charge in [-0.15, -0.1) is 0 Å². The van der Waals surface area contributed by atoms with Gasteiger partial charge in [-0.3, -0.25) is 9.59 Å². The molecule has 2 amide bonds. The highest BCUT2D eigenvalue weighted by atomic mass is 35.5. The molecule has 1 heterocycles. The molecule has 1 aliphatic rings. The van der Waals surface area contributed by atoms with Gasteiger partial charge in [0.1, 0.15) is 5.75 Å². The molecule has 146 valence electrons. The second-order valence-corrected chi connectivity index (χ2v) is 7.22. The van der Waals surface area contributed by atoms with E-state index in [0.717, 1.165) is 11.1 Å². The number of carbonyl (C=O) groups is 2. The number of carbonyl (C=O) groups excluding carboxylic acids is 2.